The van der Waals surface area contributed by atoms with Crippen LogP contribution in [0.5, 0.6) is 0 Å². The van der Waals surface area contributed by atoms with Crippen molar-refractivity contribution in [3.05, 3.63) is 41.1 Å². The first-order valence-corrected chi connectivity index (χ1v) is 4.16. The van der Waals surface area contributed by atoms with E-state index in [1.807, 2.05) is 55.5 Å². The summed E-state index contributed by atoms with van der Waals surface area (Å²) in [6.07, 6.45) is 4.04. The minimum Gasteiger partial charge on any atom is -0.383 e. The minimum absolute atomic E-state index is 0.775. The molecule has 2 heteroatoms. The lowest BCUT2D eigenvalue weighted by atomic mass is 10.2. The van der Waals surface area contributed by atoms with Crippen molar-refractivity contribution >= 4 is 17.7 Å². The Balaban J connectivity index is 2.71. The van der Waals surface area contributed by atoms with Crippen LogP contribution in [0.1, 0.15) is 5.56 Å². The first kappa shape index (κ1) is 9.14. The number of rotatable bonds is 2. The third-order valence-corrected chi connectivity index (χ3v) is 1.69. The van der Waals surface area contributed by atoms with E-state index < -0.39 is 0 Å². The van der Waals surface area contributed by atoms with Gasteiger partial charge < -0.3 is 4.90 Å². The molecule has 0 atom stereocenters. The van der Waals surface area contributed by atoms with Crippen molar-refractivity contribution in [2.45, 2.75) is 0 Å². The van der Waals surface area contributed by atoms with Crippen LogP contribution in [0.4, 0.5) is 0 Å². The van der Waals surface area contributed by atoms with Crippen LogP contribution < -0.4 is 0 Å². The topological polar surface area (TPSA) is 3.24 Å². The standard InChI is InChI=1S/C10H12ClN/c1-12(2)8-7-9-3-5-10(11)6-4-9/h3-8H,1-2H3/b8-7+. The summed E-state index contributed by atoms with van der Waals surface area (Å²) in [6, 6.07) is 7.75. The molecule has 0 saturated carbocycles. The highest BCUT2D eigenvalue weighted by Gasteiger charge is 1.86. The second-order valence-corrected chi connectivity index (χ2v) is 3.27. The molecule has 0 saturated heterocycles. The monoisotopic (exact) mass is 181 g/mol. The van der Waals surface area contributed by atoms with Crippen molar-refractivity contribution in [2.75, 3.05) is 14.1 Å². The fourth-order valence-electron chi connectivity index (χ4n) is 0.809. The van der Waals surface area contributed by atoms with E-state index in [4.69, 9.17) is 11.6 Å². The van der Waals surface area contributed by atoms with Gasteiger partial charge in [0.2, 0.25) is 0 Å². The normalized spacial score (nSPS) is 10.6. The Morgan fingerprint density at radius 1 is 1.17 bits per heavy atom. The molecule has 64 valence electrons. The van der Waals surface area contributed by atoms with Gasteiger partial charge in [-0.15, -0.1) is 0 Å². The van der Waals surface area contributed by atoms with Gasteiger partial charge in [-0.2, -0.15) is 0 Å². The van der Waals surface area contributed by atoms with Gasteiger partial charge in [0.05, 0.1) is 0 Å². The fraction of sp³-hybridized carbons (Fsp3) is 0.200. The van der Waals surface area contributed by atoms with Crippen LogP contribution in [-0.2, 0) is 0 Å². The molecule has 0 aromatic heterocycles. The van der Waals surface area contributed by atoms with E-state index in [1.165, 1.54) is 0 Å². The maximum absolute atomic E-state index is 5.74. The Kier molecular flexibility index (Phi) is 3.18. The Morgan fingerprint density at radius 2 is 1.75 bits per heavy atom. The van der Waals surface area contributed by atoms with Crippen LogP contribution in [0, 0.1) is 0 Å². The Labute approximate surface area is 78.3 Å². The molecule has 12 heavy (non-hydrogen) atoms. The number of benzene rings is 1. The van der Waals surface area contributed by atoms with Gasteiger partial charge >= 0.3 is 0 Å². The smallest absolute Gasteiger partial charge is 0.0406 e. The molecule has 1 aromatic carbocycles. The largest absolute Gasteiger partial charge is 0.383 e. The Morgan fingerprint density at radius 3 is 2.25 bits per heavy atom. The average Bonchev–Trinajstić information content (AvgIpc) is 2.03. The molecular formula is C10H12ClN. The number of halogens is 1. The predicted octanol–water partition coefficient (Wildman–Crippen LogP) is 2.87. The molecule has 1 aromatic rings. The second-order valence-electron chi connectivity index (χ2n) is 2.83. The van der Waals surface area contributed by atoms with Gasteiger partial charge in [-0.25, -0.2) is 0 Å². The summed E-state index contributed by atoms with van der Waals surface area (Å²) in [6.45, 7) is 0. The molecule has 0 unspecified atom stereocenters. The van der Waals surface area contributed by atoms with E-state index in [0.717, 1.165) is 10.6 Å². The highest BCUT2D eigenvalue weighted by atomic mass is 35.5. The van der Waals surface area contributed by atoms with Gasteiger partial charge in [-0.05, 0) is 30.0 Å². The number of hydrogen-bond donors (Lipinski definition) is 0. The molecule has 0 spiro atoms. The third kappa shape index (κ3) is 2.97. The maximum atomic E-state index is 5.74. The highest BCUT2D eigenvalue weighted by molar-refractivity contribution is 6.30. The van der Waals surface area contributed by atoms with Gasteiger partial charge in [0, 0.05) is 19.1 Å². The van der Waals surface area contributed by atoms with Crippen molar-refractivity contribution in [3.63, 3.8) is 0 Å². The van der Waals surface area contributed by atoms with Crippen molar-refractivity contribution in [1.29, 1.82) is 0 Å². The number of nitrogens with zero attached hydrogens (tertiary/aromatic N) is 1. The summed E-state index contributed by atoms with van der Waals surface area (Å²) in [4.78, 5) is 1.99. The van der Waals surface area contributed by atoms with Gasteiger partial charge in [0.15, 0.2) is 0 Å². The first-order chi connectivity index (χ1) is 5.68. The summed E-state index contributed by atoms with van der Waals surface area (Å²) < 4.78 is 0. The summed E-state index contributed by atoms with van der Waals surface area (Å²) in [7, 11) is 3.98. The van der Waals surface area contributed by atoms with Crippen molar-refractivity contribution in [1.82, 2.24) is 4.90 Å². The van der Waals surface area contributed by atoms with E-state index in [-0.39, 0.29) is 0 Å². The zero-order valence-corrected chi connectivity index (χ0v) is 8.05. The van der Waals surface area contributed by atoms with Crippen LogP contribution in [0.3, 0.4) is 0 Å². The SMILES string of the molecule is CN(C)/C=C/c1ccc(Cl)cc1. The van der Waals surface area contributed by atoms with Gasteiger partial charge in [-0.1, -0.05) is 23.7 Å². The van der Waals surface area contributed by atoms with E-state index in [0.29, 0.717) is 0 Å². The molecular weight excluding hydrogens is 170 g/mol. The molecule has 1 rings (SSSR count). The summed E-state index contributed by atoms with van der Waals surface area (Å²) in [5.41, 5.74) is 1.16. The van der Waals surface area contributed by atoms with Crippen LogP contribution in [-0.4, -0.2) is 19.0 Å². The molecule has 0 bridgehead atoms. The van der Waals surface area contributed by atoms with E-state index >= 15 is 0 Å². The van der Waals surface area contributed by atoms with Crippen LogP contribution >= 0.6 is 11.6 Å². The summed E-state index contributed by atoms with van der Waals surface area (Å²) in [5.74, 6) is 0. The lowest BCUT2D eigenvalue weighted by Gasteiger charge is -2.02. The summed E-state index contributed by atoms with van der Waals surface area (Å²) >= 11 is 5.74. The van der Waals surface area contributed by atoms with Gasteiger partial charge in [0.1, 0.15) is 0 Å². The molecule has 0 fully saturated rings. The Hall–Kier alpha value is -0.950. The quantitative estimate of drug-likeness (QED) is 0.678. The molecule has 0 heterocycles. The molecule has 0 aliphatic heterocycles. The minimum atomic E-state index is 0.775. The van der Waals surface area contributed by atoms with Crippen LogP contribution in [0.15, 0.2) is 30.5 Å². The average molecular weight is 182 g/mol. The number of hydrogen-bond acceptors (Lipinski definition) is 1. The lowest BCUT2D eigenvalue weighted by molar-refractivity contribution is 0.567. The van der Waals surface area contributed by atoms with Gasteiger partial charge in [-0.3, -0.25) is 0 Å². The van der Waals surface area contributed by atoms with E-state index in [1.54, 1.807) is 0 Å². The lowest BCUT2D eigenvalue weighted by Crippen LogP contribution is -1.99. The zero-order valence-electron chi connectivity index (χ0n) is 7.29. The van der Waals surface area contributed by atoms with Crippen molar-refractivity contribution in [2.24, 2.45) is 0 Å². The van der Waals surface area contributed by atoms with Crippen molar-refractivity contribution in [3.8, 4) is 0 Å². The maximum Gasteiger partial charge on any atom is 0.0406 e. The van der Waals surface area contributed by atoms with Crippen LogP contribution in [0.2, 0.25) is 5.02 Å². The van der Waals surface area contributed by atoms with E-state index in [9.17, 15) is 0 Å². The molecule has 0 aliphatic carbocycles. The van der Waals surface area contributed by atoms with Crippen molar-refractivity contribution < 1.29 is 0 Å². The molecule has 0 amide bonds. The molecule has 0 aliphatic rings. The molecule has 0 N–H and O–H groups in total. The fourth-order valence-corrected chi connectivity index (χ4v) is 0.935. The van der Waals surface area contributed by atoms with Crippen LogP contribution in [0.25, 0.3) is 6.08 Å². The first-order valence-electron chi connectivity index (χ1n) is 3.78. The highest BCUT2D eigenvalue weighted by Crippen LogP contribution is 2.10. The summed E-state index contributed by atoms with van der Waals surface area (Å²) in [5, 5.41) is 0.775. The van der Waals surface area contributed by atoms with Gasteiger partial charge in [0.25, 0.3) is 0 Å². The second kappa shape index (κ2) is 4.17. The van der Waals surface area contributed by atoms with E-state index in [2.05, 4.69) is 0 Å². The molecule has 1 nitrogen and oxygen atoms in total. The third-order valence-electron chi connectivity index (χ3n) is 1.44. The zero-order chi connectivity index (χ0) is 8.97. The predicted molar refractivity (Wildman–Crippen MR) is 54.2 cm³/mol. The Bertz CT molecular complexity index is 262. The molecule has 0 radical (unpaired) electrons.